The molecule has 1 atom stereocenters. The second kappa shape index (κ2) is 13.1. The van der Waals surface area contributed by atoms with E-state index >= 15 is 0 Å². The fourth-order valence-corrected chi connectivity index (χ4v) is 3.85. The molecule has 1 aromatic heterocycles. The van der Waals surface area contributed by atoms with Gasteiger partial charge in [-0.25, -0.2) is 4.98 Å². The van der Waals surface area contributed by atoms with Gasteiger partial charge in [-0.05, 0) is 54.5 Å². The normalized spacial score (nSPS) is 17.3. The minimum absolute atomic E-state index is 0. The van der Waals surface area contributed by atoms with Gasteiger partial charge in [-0.2, -0.15) is 0 Å². The molecule has 0 saturated carbocycles. The summed E-state index contributed by atoms with van der Waals surface area (Å²) in [6.07, 6.45) is 5.37. The molecule has 1 aliphatic rings. The molecule has 0 spiro atoms. The third kappa shape index (κ3) is 8.40. The summed E-state index contributed by atoms with van der Waals surface area (Å²) in [4.78, 5) is 11.0. The standard InChI is InChI=1S/C23H32ClN5.HI/c1-18-4-3-13-29(16-18)17-21-7-5-19(6-8-21)15-28-23(25-2)26-12-11-20-9-10-22(24)27-14-20;/h5-10,14,18H,3-4,11-13,15-17H2,1-2H3,(H2,25,26,28);1H. The van der Waals surface area contributed by atoms with Crippen molar-refractivity contribution in [3.63, 3.8) is 0 Å². The molecule has 2 aromatic rings. The van der Waals surface area contributed by atoms with Crippen LogP contribution in [-0.2, 0) is 19.5 Å². The van der Waals surface area contributed by atoms with Gasteiger partial charge >= 0.3 is 0 Å². The van der Waals surface area contributed by atoms with Crippen LogP contribution in [0.5, 0.6) is 0 Å². The third-order valence-electron chi connectivity index (χ3n) is 5.35. The largest absolute Gasteiger partial charge is 0.356 e. The van der Waals surface area contributed by atoms with Gasteiger partial charge in [0, 0.05) is 39.4 Å². The average molecular weight is 542 g/mol. The Balaban J connectivity index is 0.00000320. The highest BCUT2D eigenvalue weighted by Crippen LogP contribution is 2.18. The molecule has 2 heterocycles. The summed E-state index contributed by atoms with van der Waals surface area (Å²) in [5.74, 6) is 1.63. The Kier molecular flexibility index (Phi) is 10.9. The maximum Gasteiger partial charge on any atom is 0.191 e. The Hall–Kier alpha value is -1.38. The minimum atomic E-state index is 0. The van der Waals surface area contributed by atoms with Crippen molar-refractivity contribution < 1.29 is 0 Å². The zero-order valence-corrected chi connectivity index (χ0v) is 21.0. The van der Waals surface area contributed by atoms with Gasteiger partial charge in [-0.15, -0.1) is 24.0 Å². The lowest BCUT2D eigenvalue weighted by Crippen LogP contribution is -2.37. The van der Waals surface area contributed by atoms with Crippen molar-refractivity contribution in [2.45, 2.75) is 39.3 Å². The van der Waals surface area contributed by atoms with Gasteiger partial charge in [0.15, 0.2) is 5.96 Å². The first-order valence-corrected chi connectivity index (χ1v) is 10.9. The number of aromatic nitrogens is 1. The predicted octanol–water partition coefficient (Wildman–Crippen LogP) is 4.49. The molecule has 1 fully saturated rings. The number of benzene rings is 1. The molecule has 7 heteroatoms. The summed E-state index contributed by atoms with van der Waals surface area (Å²) in [5, 5.41) is 7.25. The van der Waals surface area contributed by atoms with Gasteiger partial charge in [0.2, 0.25) is 0 Å². The van der Waals surface area contributed by atoms with Gasteiger partial charge in [0.25, 0.3) is 0 Å². The summed E-state index contributed by atoms with van der Waals surface area (Å²) < 4.78 is 0. The smallest absolute Gasteiger partial charge is 0.191 e. The summed E-state index contributed by atoms with van der Waals surface area (Å²) in [6.45, 7) is 7.40. The number of hydrogen-bond donors (Lipinski definition) is 2. The monoisotopic (exact) mass is 541 g/mol. The molecule has 1 aliphatic heterocycles. The van der Waals surface area contributed by atoms with Crippen LogP contribution in [0.15, 0.2) is 47.6 Å². The molecular formula is C23H33ClIN5. The summed E-state index contributed by atoms with van der Waals surface area (Å²) in [7, 11) is 1.79. The van der Waals surface area contributed by atoms with E-state index in [1.165, 1.54) is 37.1 Å². The van der Waals surface area contributed by atoms with Crippen LogP contribution in [0.1, 0.15) is 36.5 Å². The second-order valence-corrected chi connectivity index (χ2v) is 8.28. The number of pyridine rings is 1. The number of piperidine rings is 1. The molecule has 5 nitrogen and oxygen atoms in total. The summed E-state index contributed by atoms with van der Waals surface area (Å²) >= 11 is 5.82. The van der Waals surface area contributed by atoms with Crippen molar-refractivity contribution in [1.82, 2.24) is 20.5 Å². The van der Waals surface area contributed by atoms with E-state index < -0.39 is 0 Å². The number of guanidine groups is 1. The fraction of sp³-hybridized carbons (Fsp3) is 0.478. The topological polar surface area (TPSA) is 52.6 Å². The molecule has 30 heavy (non-hydrogen) atoms. The van der Waals surface area contributed by atoms with E-state index in [0.29, 0.717) is 5.15 Å². The highest BCUT2D eigenvalue weighted by Gasteiger charge is 2.16. The van der Waals surface area contributed by atoms with E-state index in [-0.39, 0.29) is 24.0 Å². The molecule has 1 unspecified atom stereocenters. The number of rotatable bonds is 7. The Bertz CT molecular complexity index is 779. The number of nitrogens with zero attached hydrogens (tertiary/aromatic N) is 3. The Morgan fingerprint density at radius 2 is 1.87 bits per heavy atom. The zero-order valence-electron chi connectivity index (χ0n) is 17.9. The summed E-state index contributed by atoms with van der Waals surface area (Å²) in [6, 6.07) is 12.7. The average Bonchev–Trinajstić information content (AvgIpc) is 2.73. The van der Waals surface area contributed by atoms with Crippen LogP contribution in [-0.4, -0.2) is 42.5 Å². The van der Waals surface area contributed by atoms with Gasteiger partial charge in [-0.3, -0.25) is 9.89 Å². The van der Waals surface area contributed by atoms with Crippen molar-refractivity contribution in [2.75, 3.05) is 26.7 Å². The van der Waals surface area contributed by atoms with Crippen molar-refractivity contribution in [3.8, 4) is 0 Å². The number of halogens is 2. The van der Waals surface area contributed by atoms with Crippen molar-refractivity contribution >= 4 is 41.5 Å². The van der Waals surface area contributed by atoms with E-state index in [1.54, 1.807) is 7.05 Å². The van der Waals surface area contributed by atoms with Crippen LogP contribution in [0.25, 0.3) is 0 Å². The van der Waals surface area contributed by atoms with E-state index in [9.17, 15) is 0 Å². The van der Waals surface area contributed by atoms with Crippen LogP contribution in [0, 0.1) is 5.92 Å². The Morgan fingerprint density at radius 1 is 1.13 bits per heavy atom. The van der Waals surface area contributed by atoms with Crippen LogP contribution in [0.2, 0.25) is 5.15 Å². The molecule has 0 amide bonds. The molecule has 1 saturated heterocycles. The molecule has 0 bridgehead atoms. The Morgan fingerprint density at radius 3 is 2.53 bits per heavy atom. The van der Waals surface area contributed by atoms with E-state index in [1.807, 2.05) is 18.3 Å². The molecule has 1 aromatic carbocycles. The lowest BCUT2D eigenvalue weighted by atomic mass is 9.99. The van der Waals surface area contributed by atoms with E-state index in [0.717, 1.165) is 43.5 Å². The number of nitrogens with one attached hydrogen (secondary N) is 2. The van der Waals surface area contributed by atoms with Gasteiger partial charge in [0.05, 0.1) is 0 Å². The number of likely N-dealkylation sites (tertiary alicyclic amines) is 1. The lowest BCUT2D eigenvalue weighted by molar-refractivity contribution is 0.176. The van der Waals surface area contributed by atoms with E-state index in [4.69, 9.17) is 11.6 Å². The minimum Gasteiger partial charge on any atom is -0.356 e. The summed E-state index contributed by atoms with van der Waals surface area (Å²) in [5.41, 5.74) is 3.79. The SMILES string of the molecule is CN=C(NCCc1ccc(Cl)nc1)NCc1ccc(CN2CCCC(C)C2)cc1.I. The second-order valence-electron chi connectivity index (χ2n) is 7.89. The van der Waals surface area contributed by atoms with Crippen molar-refractivity contribution in [1.29, 1.82) is 0 Å². The maximum atomic E-state index is 5.82. The highest BCUT2D eigenvalue weighted by atomic mass is 127. The first-order valence-electron chi connectivity index (χ1n) is 10.5. The van der Waals surface area contributed by atoms with E-state index in [2.05, 4.69) is 56.7 Å². The molecule has 164 valence electrons. The first-order chi connectivity index (χ1) is 14.1. The van der Waals surface area contributed by atoms with Gasteiger partial charge < -0.3 is 10.6 Å². The van der Waals surface area contributed by atoms with Crippen LogP contribution < -0.4 is 10.6 Å². The van der Waals surface area contributed by atoms with Crippen LogP contribution in [0.4, 0.5) is 0 Å². The Labute approximate surface area is 202 Å². The first kappa shape index (κ1) is 24.9. The highest BCUT2D eigenvalue weighted by molar-refractivity contribution is 14.0. The molecular weight excluding hydrogens is 509 g/mol. The zero-order chi connectivity index (χ0) is 20.5. The maximum absolute atomic E-state index is 5.82. The van der Waals surface area contributed by atoms with Crippen LogP contribution >= 0.6 is 35.6 Å². The number of aliphatic imine (C=N–C) groups is 1. The van der Waals surface area contributed by atoms with Crippen LogP contribution in [0.3, 0.4) is 0 Å². The molecule has 3 rings (SSSR count). The van der Waals surface area contributed by atoms with Crippen molar-refractivity contribution in [2.24, 2.45) is 10.9 Å². The molecule has 0 aliphatic carbocycles. The van der Waals surface area contributed by atoms with Crippen molar-refractivity contribution in [3.05, 3.63) is 64.4 Å². The molecule has 0 radical (unpaired) electrons. The van der Waals surface area contributed by atoms with Gasteiger partial charge in [-0.1, -0.05) is 48.9 Å². The van der Waals surface area contributed by atoms with Gasteiger partial charge in [0.1, 0.15) is 5.15 Å². The third-order valence-corrected chi connectivity index (χ3v) is 5.57. The fourth-order valence-electron chi connectivity index (χ4n) is 3.74. The number of hydrogen-bond acceptors (Lipinski definition) is 3. The quantitative estimate of drug-likeness (QED) is 0.235. The predicted molar refractivity (Wildman–Crippen MR) is 137 cm³/mol. The molecule has 2 N–H and O–H groups in total. The lowest BCUT2D eigenvalue weighted by Gasteiger charge is -2.30.